The fourth-order valence-electron chi connectivity index (χ4n) is 4.64. The molecule has 5 nitrogen and oxygen atoms in total. The van der Waals surface area contributed by atoms with Gasteiger partial charge in [0.05, 0.1) is 15.7 Å². The highest BCUT2D eigenvalue weighted by molar-refractivity contribution is 7.92. The molecule has 0 saturated carbocycles. The van der Waals surface area contributed by atoms with Gasteiger partial charge >= 0.3 is 0 Å². The van der Waals surface area contributed by atoms with Crippen molar-refractivity contribution >= 4 is 15.7 Å². The minimum absolute atomic E-state index is 0.00454. The molecule has 2 aliphatic heterocycles. The third-order valence-electron chi connectivity index (χ3n) is 6.35. The second-order valence-electron chi connectivity index (χ2n) is 9.35. The molecule has 1 amide bonds. The summed E-state index contributed by atoms with van der Waals surface area (Å²) in [5.41, 5.74) is 0.958. The van der Waals surface area contributed by atoms with E-state index in [1.54, 1.807) is 35.2 Å². The number of carbonyl (C=O) groups excluding carboxylic acids is 1. The molecule has 0 aliphatic carbocycles. The van der Waals surface area contributed by atoms with Crippen molar-refractivity contribution in [2.75, 3.05) is 26.2 Å². The molecule has 2 saturated heterocycles. The fraction of sp³-hybridized carbons (Fsp3) is 0.458. The molecule has 0 aromatic heterocycles. The number of piperidine rings is 1. The third-order valence-corrected chi connectivity index (χ3v) is 8.58. The van der Waals surface area contributed by atoms with Crippen LogP contribution in [0.25, 0.3) is 11.1 Å². The summed E-state index contributed by atoms with van der Waals surface area (Å²) in [7, 11) is -3.76. The van der Waals surface area contributed by atoms with Gasteiger partial charge in [-0.15, -0.1) is 0 Å². The van der Waals surface area contributed by atoms with E-state index < -0.39 is 20.9 Å². The predicted molar refractivity (Wildman–Crippen MR) is 119 cm³/mol. The number of nitrogens with zero attached hydrogens (tertiary/aromatic N) is 1. The maximum absolute atomic E-state index is 14.4. The van der Waals surface area contributed by atoms with Crippen LogP contribution in [-0.4, -0.2) is 50.7 Å². The van der Waals surface area contributed by atoms with Gasteiger partial charge in [0.1, 0.15) is 5.82 Å². The Morgan fingerprint density at radius 2 is 1.97 bits per heavy atom. The second kappa shape index (κ2) is 8.36. The molecule has 7 heteroatoms. The number of hydrogen-bond acceptors (Lipinski definition) is 4. The van der Waals surface area contributed by atoms with Crippen molar-refractivity contribution in [1.29, 1.82) is 0 Å². The molecule has 0 radical (unpaired) electrons. The molecule has 1 N–H and O–H groups in total. The van der Waals surface area contributed by atoms with Crippen LogP contribution < -0.4 is 5.32 Å². The summed E-state index contributed by atoms with van der Waals surface area (Å²) in [5, 5.41) is 2.50. The highest BCUT2D eigenvalue weighted by Crippen LogP contribution is 2.33. The Kier molecular flexibility index (Phi) is 5.92. The van der Waals surface area contributed by atoms with Crippen LogP contribution in [0.5, 0.6) is 0 Å². The molecular formula is C24H29FN2O3S. The van der Waals surface area contributed by atoms with Crippen LogP contribution in [-0.2, 0) is 9.84 Å². The Bertz CT molecular complexity index is 1090. The number of hydrogen-bond donors (Lipinski definition) is 1. The molecule has 4 rings (SSSR count). The number of halogens is 1. The number of nitrogens with one attached hydrogen (secondary N) is 1. The highest BCUT2D eigenvalue weighted by atomic mass is 32.2. The van der Waals surface area contributed by atoms with Gasteiger partial charge in [-0.05, 0) is 55.0 Å². The number of rotatable bonds is 4. The number of carbonyl (C=O) groups is 1. The largest absolute Gasteiger partial charge is 0.338 e. The van der Waals surface area contributed by atoms with Crippen LogP contribution in [0.15, 0.2) is 47.4 Å². The summed E-state index contributed by atoms with van der Waals surface area (Å²) < 4.78 is 41.5. The van der Waals surface area contributed by atoms with Crippen molar-refractivity contribution < 1.29 is 17.6 Å². The molecule has 0 bridgehead atoms. The maximum Gasteiger partial charge on any atom is 0.255 e. The van der Waals surface area contributed by atoms with Gasteiger partial charge in [0.15, 0.2) is 9.84 Å². The average Bonchev–Trinajstić information content (AvgIpc) is 3.28. The van der Waals surface area contributed by atoms with Gasteiger partial charge in [-0.2, -0.15) is 0 Å². The standard InChI is InChI=1S/C24H29FN2O3S/c1-24(2)11-5-13-27(16-24)23(28)20-9-8-17(19-6-3-4-7-21(19)25)14-22(20)31(29,30)18-10-12-26-15-18/h3-4,6-9,14,18,26H,5,10-13,15-16H2,1-2H3. The van der Waals surface area contributed by atoms with Crippen molar-refractivity contribution in [1.82, 2.24) is 10.2 Å². The Hall–Kier alpha value is -2.25. The van der Waals surface area contributed by atoms with E-state index in [1.807, 2.05) is 0 Å². The van der Waals surface area contributed by atoms with E-state index in [9.17, 15) is 17.6 Å². The molecule has 2 aromatic carbocycles. The molecule has 1 atom stereocenters. The first-order valence-electron chi connectivity index (χ1n) is 10.8. The van der Waals surface area contributed by atoms with Gasteiger partial charge in [0, 0.05) is 25.2 Å². The third kappa shape index (κ3) is 4.39. The Labute approximate surface area is 183 Å². The predicted octanol–water partition coefficient (Wildman–Crippen LogP) is 3.89. The van der Waals surface area contributed by atoms with E-state index in [4.69, 9.17) is 0 Å². The summed E-state index contributed by atoms with van der Waals surface area (Å²) in [4.78, 5) is 15.2. The van der Waals surface area contributed by atoms with Crippen molar-refractivity contribution in [3.05, 3.63) is 53.8 Å². The summed E-state index contributed by atoms with van der Waals surface area (Å²) in [5.74, 6) is -0.692. The van der Waals surface area contributed by atoms with E-state index in [1.165, 1.54) is 12.1 Å². The van der Waals surface area contributed by atoms with Crippen molar-refractivity contribution in [3.8, 4) is 11.1 Å². The number of sulfone groups is 1. The average molecular weight is 445 g/mol. The molecule has 2 aromatic rings. The zero-order valence-corrected chi connectivity index (χ0v) is 18.8. The van der Waals surface area contributed by atoms with E-state index in [2.05, 4.69) is 19.2 Å². The summed E-state index contributed by atoms with van der Waals surface area (Å²) in [6.45, 7) is 6.43. The van der Waals surface area contributed by atoms with Gasteiger partial charge in [0.25, 0.3) is 5.91 Å². The molecular weight excluding hydrogens is 415 g/mol. The molecule has 166 valence electrons. The fourth-order valence-corrected chi connectivity index (χ4v) is 6.51. The van der Waals surface area contributed by atoms with E-state index in [0.717, 1.165) is 12.8 Å². The Balaban J connectivity index is 1.81. The Morgan fingerprint density at radius 1 is 1.19 bits per heavy atom. The molecule has 31 heavy (non-hydrogen) atoms. The molecule has 2 fully saturated rings. The molecule has 1 unspecified atom stereocenters. The van der Waals surface area contributed by atoms with E-state index >= 15 is 0 Å². The van der Waals surface area contributed by atoms with E-state index in [-0.39, 0.29) is 21.8 Å². The Morgan fingerprint density at radius 3 is 2.65 bits per heavy atom. The van der Waals surface area contributed by atoms with Crippen molar-refractivity contribution in [3.63, 3.8) is 0 Å². The SMILES string of the molecule is CC1(C)CCCN(C(=O)c2ccc(-c3ccccc3F)cc2S(=O)(=O)C2CCNC2)C1. The number of benzene rings is 2. The highest BCUT2D eigenvalue weighted by Gasteiger charge is 2.36. The molecule has 2 heterocycles. The van der Waals surface area contributed by atoms with Crippen molar-refractivity contribution in [2.24, 2.45) is 5.41 Å². The van der Waals surface area contributed by atoms with Crippen LogP contribution in [0.1, 0.15) is 43.5 Å². The number of likely N-dealkylation sites (tertiary alicyclic amines) is 1. The lowest BCUT2D eigenvalue weighted by Crippen LogP contribution is -2.44. The first kappa shape index (κ1) is 22.0. The number of amides is 1. The summed E-state index contributed by atoms with van der Waals surface area (Å²) >= 11 is 0. The maximum atomic E-state index is 14.4. The van der Waals surface area contributed by atoms with E-state index in [0.29, 0.717) is 43.7 Å². The second-order valence-corrected chi connectivity index (χ2v) is 11.5. The first-order chi connectivity index (χ1) is 14.7. The zero-order valence-electron chi connectivity index (χ0n) is 18.0. The normalized spacial score (nSPS) is 21.3. The zero-order chi connectivity index (χ0) is 22.2. The van der Waals surface area contributed by atoms with Crippen LogP contribution >= 0.6 is 0 Å². The van der Waals surface area contributed by atoms with Crippen LogP contribution in [0.2, 0.25) is 0 Å². The minimum Gasteiger partial charge on any atom is -0.338 e. The van der Waals surface area contributed by atoms with Gasteiger partial charge in [-0.25, -0.2) is 12.8 Å². The van der Waals surface area contributed by atoms with Crippen molar-refractivity contribution in [2.45, 2.75) is 43.3 Å². The smallest absolute Gasteiger partial charge is 0.255 e. The summed E-state index contributed by atoms with van der Waals surface area (Å²) in [6.07, 6.45) is 2.42. The van der Waals surface area contributed by atoms with Crippen LogP contribution in [0.3, 0.4) is 0 Å². The van der Waals surface area contributed by atoms with Crippen LogP contribution in [0.4, 0.5) is 4.39 Å². The summed E-state index contributed by atoms with van der Waals surface area (Å²) in [6, 6.07) is 11.0. The van der Waals surface area contributed by atoms with Gasteiger partial charge in [0.2, 0.25) is 0 Å². The molecule has 0 spiro atoms. The lowest BCUT2D eigenvalue weighted by molar-refractivity contribution is 0.0579. The van der Waals surface area contributed by atoms with Gasteiger partial charge in [-0.1, -0.05) is 38.1 Å². The van der Waals surface area contributed by atoms with Gasteiger partial charge in [-0.3, -0.25) is 4.79 Å². The first-order valence-corrected chi connectivity index (χ1v) is 12.4. The molecule has 2 aliphatic rings. The minimum atomic E-state index is -3.76. The lowest BCUT2D eigenvalue weighted by atomic mass is 9.84. The quantitative estimate of drug-likeness (QED) is 0.777. The monoisotopic (exact) mass is 444 g/mol. The van der Waals surface area contributed by atoms with Crippen LogP contribution in [0, 0.1) is 11.2 Å². The van der Waals surface area contributed by atoms with Gasteiger partial charge < -0.3 is 10.2 Å². The topological polar surface area (TPSA) is 66.5 Å². The lowest BCUT2D eigenvalue weighted by Gasteiger charge is -2.38.